The van der Waals surface area contributed by atoms with E-state index in [0.29, 0.717) is 10.8 Å². The molecule has 1 aliphatic carbocycles. The first kappa shape index (κ1) is 21.6. The molecule has 0 unspecified atom stereocenters. The fourth-order valence-electron chi connectivity index (χ4n) is 4.24. The molecular weight excluding hydrogens is 308 g/mol. The Balaban J connectivity index is 3.07. The Bertz CT molecular complexity index is 472. The molecule has 0 heterocycles. The van der Waals surface area contributed by atoms with Gasteiger partial charge in [0, 0.05) is 0 Å². The standard InChI is InChI=1S/C23H40S/c1-9-23(13-11-10-12-14-23)16-21(20(5)18(2)3)19(4)15-22(6,7)17-24-8/h2,4,9-17H2,1,3,5-8H3/b21-20+. The Labute approximate surface area is 156 Å². The van der Waals surface area contributed by atoms with Crippen molar-refractivity contribution < 1.29 is 0 Å². The first-order valence-electron chi connectivity index (χ1n) is 9.69. The molecule has 138 valence electrons. The van der Waals surface area contributed by atoms with Crippen LogP contribution in [0, 0.1) is 10.8 Å². The van der Waals surface area contributed by atoms with Crippen LogP contribution >= 0.6 is 11.8 Å². The van der Waals surface area contributed by atoms with Crippen LogP contribution in [0.1, 0.15) is 86.0 Å². The summed E-state index contributed by atoms with van der Waals surface area (Å²) in [6.07, 6.45) is 12.8. The van der Waals surface area contributed by atoms with Crippen molar-refractivity contribution >= 4 is 11.8 Å². The van der Waals surface area contributed by atoms with E-state index in [9.17, 15) is 0 Å². The molecule has 0 atom stereocenters. The second kappa shape index (κ2) is 9.32. The van der Waals surface area contributed by atoms with Gasteiger partial charge in [-0.05, 0) is 73.5 Å². The maximum atomic E-state index is 4.55. The number of allylic oxidation sites excluding steroid dienone is 4. The van der Waals surface area contributed by atoms with Crippen LogP contribution < -0.4 is 0 Å². The average Bonchev–Trinajstić information content (AvgIpc) is 2.52. The number of rotatable bonds is 9. The monoisotopic (exact) mass is 348 g/mol. The molecule has 0 radical (unpaired) electrons. The lowest BCUT2D eigenvalue weighted by Gasteiger charge is -2.39. The van der Waals surface area contributed by atoms with Crippen molar-refractivity contribution in [1.29, 1.82) is 0 Å². The van der Waals surface area contributed by atoms with Crippen LogP contribution in [0.3, 0.4) is 0 Å². The smallest absolute Gasteiger partial charge is 0.00157 e. The molecule has 0 aromatic heterocycles. The highest BCUT2D eigenvalue weighted by molar-refractivity contribution is 7.98. The highest BCUT2D eigenvalue weighted by Gasteiger charge is 2.33. The Hall–Kier alpha value is -0.430. The molecule has 0 nitrogen and oxygen atoms in total. The number of hydrogen-bond donors (Lipinski definition) is 0. The minimum atomic E-state index is 0.309. The molecule has 0 spiro atoms. The minimum absolute atomic E-state index is 0.309. The van der Waals surface area contributed by atoms with Gasteiger partial charge in [0.05, 0.1) is 0 Å². The third kappa shape index (κ3) is 6.14. The van der Waals surface area contributed by atoms with Crippen molar-refractivity contribution in [3.05, 3.63) is 35.5 Å². The molecule has 24 heavy (non-hydrogen) atoms. The lowest BCUT2D eigenvalue weighted by atomic mass is 9.66. The summed E-state index contributed by atoms with van der Waals surface area (Å²) in [7, 11) is 0. The number of thioether (sulfide) groups is 1. The largest absolute Gasteiger partial charge is 0.165 e. The molecule has 0 N–H and O–H groups in total. The quantitative estimate of drug-likeness (QED) is 0.381. The predicted molar refractivity (Wildman–Crippen MR) is 114 cm³/mol. The zero-order valence-corrected chi connectivity index (χ0v) is 18.0. The summed E-state index contributed by atoms with van der Waals surface area (Å²) in [5.41, 5.74) is 6.27. The molecule has 0 aliphatic heterocycles. The molecule has 0 amide bonds. The summed E-state index contributed by atoms with van der Waals surface area (Å²) in [6.45, 7) is 20.3. The summed E-state index contributed by atoms with van der Waals surface area (Å²) < 4.78 is 0. The van der Waals surface area contributed by atoms with Gasteiger partial charge in [-0.1, -0.05) is 70.8 Å². The SMILES string of the molecule is C=C(C)/C(C)=C(\CC1(CC)CCCCC1)C(=C)CC(C)(C)CSC. The Morgan fingerprint density at radius 1 is 1.08 bits per heavy atom. The van der Waals surface area contributed by atoms with Gasteiger partial charge in [-0.15, -0.1) is 0 Å². The lowest BCUT2D eigenvalue weighted by Crippen LogP contribution is -2.25. The molecular formula is C23H40S. The van der Waals surface area contributed by atoms with Gasteiger partial charge in [-0.3, -0.25) is 0 Å². The first-order valence-corrected chi connectivity index (χ1v) is 11.1. The third-order valence-corrected chi connectivity index (χ3v) is 7.03. The van der Waals surface area contributed by atoms with Crippen molar-refractivity contribution in [3.63, 3.8) is 0 Å². The van der Waals surface area contributed by atoms with Gasteiger partial charge in [0.15, 0.2) is 0 Å². The summed E-state index contributed by atoms with van der Waals surface area (Å²) in [5, 5.41) is 0. The van der Waals surface area contributed by atoms with Crippen LogP contribution in [0.25, 0.3) is 0 Å². The predicted octanol–water partition coefficient (Wildman–Crippen LogP) is 7.97. The molecule has 1 heteroatoms. The fraction of sp³-hybridized carbons (Fsp3) is 0.739. The van der Waals surface area contributed by atoms with Crippen LogP contribution in [0.2, 0.25) is 0 Å². The molecule has 1 saturated carbocycles. The molecule has 0 bridgehead atoms. The second-order valence-electron chi connectivity index (χ2n) is 8.85. The van der Waals surface area contributed by atoms with E-state index in [1.165, 1.54) is 73.0 Å². The van der Waals surface area contributed by atoms with Crippen LogP contribution in [0.5, 0.6) is 0 Å². The molecule has 0 aromatic rings. The highest BCUT2D eigenvalue weighted by Crippen LogP contribution is 2.47. The van der Waals surface area contributed by atoms with E-state index in [1.54, 1.807) is 0 Å². The molecule has 1 fully saturated rings. The summed E-state index contributed by atoms with van der Waals surface area (Å²) in [4.78, 5) is 0. The normalized spacial score (nSPS) is 18.9. The molecule has 0 aromatic carbocycles. The lowest BCUT2D eigenvalue weighted by molar-refractivity contribution is 0.179. The zero-order chi connectivity index (χ0) is 18.4. The van der Waals surface area contributed by atoms with Gasteiger partial charge in [-0.25, -0.2) is 0 Å². The van der Waals surface area contributed by atoms with E-state index in [1.807, 2.05) is 11.8 Å². The highest BCUT2D eigenvalue weighted by atomic mass is 32.2. The van der Waals surface area contributed by atoms with Gasteiger partial charge in [0.1, 0.15) is 0 Å². The third-order valence-electron chi connectivity index (χ3n) is 5.96. The fourth-order valence-corrected chi connectivity index (χ4v) is 5.12. The summed E-state index contributed by atoms with van der Waals surface area (Å²) in [5.74, 6) is 1.18. The topological polar surface area (TPSA) is 0 Å². The van der Waals surface area contributed by atoms with Crippen LogP contribution in [0.15, 0.2) is 35.5 Å². The van der Waals surface area contributed by atoms with E-state index < -0.39 is 0 Å². The maximum Gasteiger partial charge on any atom is -0.00157 e. The Kier molecular flexibility index (Phi) is 8.39. The van der Waals surface area contributed by atoms with E-state index in [-0.39, 0.29) is 0 Å². The van der Waals surface area contributed by atoms with E-state index in [2.05, 4.69) is 54.0 Å². The van der Waals surface area contributed by atoms with E-state index >= 15 is 0 Å². The van der Waals surface area contributed by atoms with Gasteiger partial charge in [0.25, 0.3) is 0 Å². The molecule has 0 saturated heterocycles. The Morgan fingerprint density at radius 2 is 1.67 bits per heavy atom. The van der Waals surface area contributed by atoms with Gasteiger partial charge in [-0.2, -0.15) is 11.8 Å². The van der Waals surface area contributed by atoms with E-state index in [4.69, 9.17) is 0 Å². The van der Waals surface area contributed by atoms with Crippen molar-refractivity contribution in [2.24, 2.45) is 10.8 Å². The molecule has 1 aliphatic rings. The van der Waals surface area contributed by atoms with Crippen molar-refractivity contribution in [3.8, 4) is 0 Å². The van der Waals surface area contributed by atoms with Crippen molar-refractivity contribution in [2.45, 2.75) is 86.0 Å². The number of hydrogen-bond acceptors (Lipinski definition) is 1. The van der Waals surface area contributed by atoms with Crippen LogP contribution in [-0.2, 0) is 0 Å². The van der Waals surface area contributed by atoms with Gasteiger partial charge >= 0.3 is 0 Å². The van der Waals surface area contributed by atoms with Crippen LogP contribution in [-0.4, -0.2) is 12.0 Å². The first-order chi connectivity index (χ1) is 11.2. The average molecular weight is 349 g/mol. The van der Waals surface area contributed by atoms with Crippen molar-refractivity contribution in [1.82, 2.24) is 0 Å². The second-order valence-corrected chi connectivity index (χ2v) is 9.72. The van der Waals surface area contributed by atoms with E-state index in [0.717, 1.165) is 6.42 Å². The summed E-state index contributed by atoms with van der Waals surface area (Å²) in [6, 6.07) is 0. The van der Waals surface area contributed by atoms with Crippen molar-refractivity contribution in [2.75, 3.05) is 12.0 Å². The minimum Gasteiger partial charge on any atom is -0.165 e. The van der Waals surface area contributed by atoms with Crippen LogP contribution in [0.4, 0.5) is 0 Å². The molecule has 1 rings (SSSR count). The Morgan fingerprint density at radius 3 is 2.12 bits per heavy atom. The maximum absolute atomic E-state index is 4.55. The zero-order valence-electron chi connectivity index (χ0n) is 17.2. The van der Waals surface area contributed by atoms with Gasteiger partial charge < -0.3 is 0 Å². The van der Waals surface area contributed by atoms with Gasteiger partial charge in [0.2, 0.25) is 0 Å². The summed E-state index contributed by atoms with van der Waals surface area (Å²) >= 11 is 1.94.